The highest BCUT2D eigenvalue weighted by Crippen LogP contribution is 2.33. The van der Waals surface area contributed by atoms with Gasteiger partial charge in [0.2, 0.25) is 0 Å². The second kappa shape index (κ2) is 8.35. The van der Waals surface area contributed by atoms with Crippen LogP contribution in [0.1, 0.15) is 11.1 Å². The molecule has 0 heterocycles. The monoisotopic (exact) mass is 397 g/mol. The molecule has 3 aromatic carbocycles. The molecule has 0 atom stereocenters. The van der Waals surface area contributed by atoms with Gasteiger partial charge < -0.3 is 9.47 Å². The van der Waals surface area contributed by atoms with Crippen LogP contribution in [0.5, 0.6) is 11.5 Å². The van der Waals surface area contributed by atoms with Crippen LogP contribution in [-0.4, -0.2) is 22.6 Å². The molecule has 0 aliphatic rings. The van der Waals surface area contributed by atoms with E-state index in [-0.39, 0.29) is 11.4 Å². The van der Waals surface area contributed by atoms with Crippen molar-refractivity contribution < 1.29 is 17.9 Å². The first-order valence-corrected chi connectivity index (χ1v) is 10.2. The predicted octanol–water partition coefficient (Wildman–Crippen LogP) is 4.41. The molecule has 0 saturated heterocycles. The lowest BCUT2D eigenvalue weighted by molar-refractivity contribution is 0.394. The Bertz CT molecular complexity index is 1030. The van der Waals surface area contributed by atoms with Gasteiger partial charge in [-0.05, 0) is 24.1 Å². The molecule has 0 aromatic heterocycles. The maximum Gasteiger partial charge on any atom is 0.264 e. The molecule has 3 rings (SSSR count). The Labute approximate surface area is 166 Å². The van der Waals surface area contributed by atoms with Crippen molar-refractivity contribution >= 4 is 15.7 Å². The van der Waals surface area contributed by atoms with Crippen molar-refractivity contribution in [2.75, 3.05) is 18.5 Å². The molecule has 6 heteroatoms. The topological polar surface area (TPSA) is 55.8 Å². The average Bonchev–Trinajstić information content (AvgIpc) is 2.72. The molecular formula is C22H23NO4S. The van der Waals surface area contributed by atoms with Crippen molar-refractivity contribution in [1.29, 1.82) is 0 Å². The minimum absolute atomic E-state index is 0.188. The summed E-state index contributed by atoms with van der Waals surface area (Å²) in [4.78, 5) is 0.271. The zero-order chi connectivity index (χ0) is 20.1. The molecule has 0 unspecified atom stereocenters. The minimum Gasteiger partial charge on any atom is -0.497 e. The van der Waals surface area contributed by atoms with Gasteiger partial charge in [-0.3, -0.25) is 4.31 Å². The summed E-state index contributed by atoms with van der Waals surface area (Å²) < 4.78 is 39.3. The number of sulfonamides is 1. The summed E-state index contributed by atoms with van der Waals surface area (Å²) in [5.41, 5.74) is 2.04. The molecule has 0 radical (unpaired) electrons. The maximum absolute atomic E-state index is 13.6. The van der Waals surface area contributed by atoms with Crippen LogP contribution in [0.2, 0.25) is 0 Å². The van der Waals surface area contributed by atoms with E-state index in [9.17, 15) is 8.42 Å². The quantitative estimate of drug-likeness (QED) is 0.593. The third-order valence-electron chi connectivity index (χ3n) is 4.45. The Kier molecular flexibility index (Phi) is 5.90. The first kappa shape index (κ1) is 19.8. The first-order valence-electron chi connectivity index (χ1n) is 8.81. The van der Waals surface area contributed by atoms with Gasteiger partial charge in [0, 0.05) is 18.2 Å². The molecule has 0 spiro atoms. The predicted molar refractivity (Wildman–Crippen MR) is 111 cm³/mol. The van der Waals surface area contributed by atoms with Crippen molar-refractivity contribution in [3.63, 3.8) is 0 Å². The van der Waals surface area contributed by atoms with Gasteiger partial charge in [-0.1, -0.05) is 48.5 Å². The summed E-state index contributed by atoms with van der Waals surface area (Å²) in [7, 11) is -0.735. The lowest BCUT2D eigenvalue weighted by Crippen LogP contribution is -2.31. The van der Waals surface area contributed by atoms with Crippen molar-refractivity contribution in [3.8, 4) is 11.5 Å². The van der Waals surface area contributed by atoms with Gasteiger partial charge in [0.05, 0.1) is 31.3 Å². The summed E-state index contributed by atoms with van der Waals surface area (Å²) in [6.45, 7) is 1.98. The van der Waals surface area contributed by atoms with E-state index in [1.807, 2.05) is 36.4 Å². The van der Waals surface area contributed by atoms with E-state index in [1.54, 1.807) is 43.3 Å². The number of hydrogen-bond acceptors (Lipinski definition) is 4. The maximum atomic E-state index is 13.6. The van der Waals surface area contributed by atoms with Crippen LogP contribution in [0.4, 0.5) is 5.69 Å². The Morgan fingerprint density at radius 2 is 1.39 bits per heavy atom. The van der Waals surface area contributed by atoms with Gasteiger partial charge in [0.15, 0.2) is 0 Å². The van der Waals surface area contributed by atoms with Crippen LogP contribution in [0.15, 0.2) is 77.7 Å². The van der Waals surface area contributed by atoms with Crippen LogP contribution < -0.4 is 13.8 Å². The number of aryl methyl sites for hydroxylation is 1. The molecule has 0 saturated carbocycles. The molecule has 0 aliphatic heterocycles. The van der Waals surface area contributed by atoms with Crippen LogP contribution in [0, 0.1) is 6.92 Å². The van der Waals surface area contributed by atoms with Crippen molar-refractivity contribution in [3.05, 3.63) is 83.9 Å². The summed E-state index contributed by atoms with van der Waals surface area (Å²) in [6, 6.07) is 21.6. The lowest BCUT2D eigenvalue weighted by atomic mass is 10.2. The zero-order valence-corrected chi connectivity index (χ0v) is 16.9. The molecule has 28 heavy (non-hydrogen) atoms. The minimum atomic E-state index is -3.81. The lowest BCUT2D eigenvalue weighted by Gasteiger charge is -2.26. The number of nitrogens with zero attached hydrogens (tertiary/aromatic N) is 1. The number of methoxy groups -OCH3 is 2. The Morgan fingerprint density at radius 3 is 1.96 bits per heavy atom. The van der Waals surface area contributed by atoms with E-state index in [4.69, 9.17) is 9.47 Å². The van der Waals surface area contributed by atoms with Crippen molar-refractivity contribution in [2.24, 2.45) is 0 Å². The highest BCUT2D eigenvalue weighted by Gasteiger charge is 2.27. The molecule has 0 amide bonds. The van der Waals surface area contributed by atoms with Crippen LogP contribution in [-0.2, 0) is 16.6 Å². The van der Waals surface area contributed by atoms with E-state index < -0.39 is 10.0 Å². The molecule has 0 aliphatic carbocycles. The van der Waals surface area contributed by atoms with Crippen molar-refractivity contribution in [1.82, 2.24) is 0 Å². The van der Waals surface area contributed by atoms with Crippen LogP contribution in [0.3, 0.4) is 0 Å². The van der Waals surface area contributed by atoms with E-state index in [0.29, 0.717) is 22.7 Å². The molecule has 0 fully saturated rings. The number of benzene rings is 3. The third-order valence-corrected chi connectivity index (χ3v) is 6.39. The standard InChI is InChI=1S/C22H23NO4S/c1-17-9-7-8-12-22(17)28(24,25)23(16-18-10-5-4-6-11-18)19-13-20(26-2)15-21(14-19)27-3/h4-15H,16H2,1-3H3. The molecule has 3 aromatic rings. The van der Waals surface area contributed by atoms with Crippen molar-refractivity contribution in [2.45, 2.75) is 18.4 Å². The van der Waals surface area contributed by atoms with E-state index >= 15 is 0 Å². The molecule has 5 nitrogen and oxygen atoms in total. The van der Waals surface area contributed by atoms with Crippen LogP contribution >= 0.6 is 0 Å². The molecule has 146 valence electrons. The normalized spacial score (nSPS) is 11.1. The molecule has 0 N–H and O–H groups in total. The Hall–Kier alpha value is -2.99. The second-order valence-corrected chi connectivity index (χ2v) is 8.16. The number of hydrogen-bond donors (Lipinski definition) is 0. The highest BCUT2D eigenvalue weighted by molar-refractivity contribution is 7.92. The molecular weight excluding hydrogens is 374 g/mol. The first-order chi connectivity index (χ1) is 13.5. The summed E-state index contributed by atoms with van der Waals surface area (Å²) in [5.74, 6) is 1.04. The summed E-state index contributed by atoms with van der Waals surface area (Å²) in [5, 5.41) is 0. The second-order valence-electron chi connectivity index (χ2n) is 6.33. The van der Waals surface area contributed by atoms with Gasteiger partial charge in [0.25, 0.3) is 10.0 Å². The van der Waals surface area contributed by atoms with E-state index in [2.05, 4.69) is 0 Å². The van der Waals surface area contributed by atoms with E-state index in [0.717, 1.165) is 5.56 Å². The summed E-state index contributed by atoms with van der Waals surface area (Å²) in [6.07, 6.45) is 0. The van der Waals surface area contributed by atoms with Gasteiger partial charge in [-0.15, -0.1) is 0 Å². The molecule has 0 bridgehead atoms. The van der Waals surface area contributed by atoms with Gasteiger partial charge in [0.1, 0.15) is 11.5 Å². The smallest absolute Gasteiger partial charge is 0.264 e. The number of ether oxygens (including phenoxy) is 2. The van der Waals surface area contributed by atoms with E-state index in [1.165, 1.54) is 18.5 Å². The highest BCUT2D eigenvalue weighted by atomic mass is 32.2. The van der Waals surface area contributed by atoms with Gasteiger partial charge in [-0.2, -0.15) is 0 Å². The number of rotatable bonds is 7. The number of anilines is 1. The van der Waals surface area contributed by atoms with Crippen LogP contribution in [0.25, 0.3) is 0 Å². The fourth-order valence-electron chi connectivity index (χ4n) is 2.97. The van der Waals surface area contributed by atoms with Gasteiger partial charge in [-0.25, -0.2) is 8.42 Å². The summed E-state index contributed by atoms with van der Waals surface area (Å²) >= 11 is 0. The fraction of sp³-hybridized carbons (Fsp3) is 0.182. The zero-order valence-electron chi connectivity index (χ0n) is 16.1. The van der Waals surface area contributed by atoms with Gasteiger partial charge >= 0.3 is 0 Å². The fourth-order valence-corrected chi connectivity index (χ4v) is 4.63. The Balaban J connectivity index is 2.17. The third kappa shape index (κ3) is 4.12. The SMILES string of the molecule is COc1cc(OC)cc(N(Cc2ccccc2)S(=O)(=O)c2ccccc2C)c1. The largest absolute Gasteiger partial charge is 0.497 e. The average molecular weight is 397 g/mol. The Morgan fingerprint density at radius 1 is 0.821 bits per heavy atom.